The van der Waals surface area contributed by atoms with Gasteiger partial charge in [-0.1, -0.05) is 110 Å². The van der Waals surface area contributed by atoms with E-state index in [0.29, 0.717) is 0 Å². The second-order valence-electron chi connectivity index (χ2n) is 12.1. The summed E-state index contributed by atoms with van der Waals surface area (Å²) in [5, 5.41) is 5.01. The van der Waals surface area contributed by atoms with Crippen LogP contribution in [-0.2, 0) is 0 Å². The van der Waals surface area contributed by atoms with E-state index in [9.17, 15) is 0 Å². The molecule has 1 atom stereocenters. The third-order valence-corrected chi connectivity index (χ3v) is 9.53. The smallest absolute Gasteiger partial charge is 0.135 e. The van der Waals surface area contributed by atoms with Crippen molar-refractivity contribution < 1.29 is 4.42 Å². The minimum absolute atomic E-state index is 0.0109. The van der Waals surface area contributed by atoms with Gasteiger partial charge in [-0.05, 0) is 66.9 Å². The zero-order valence-corrected chi connectivity index (χ0v) is 25.7. The molecule has 46 heavy (non-hydrogen) atoms. The third-order valence-electron chi connectivity index (χ3n) is 9.53. The van der Waals surface area contributed by atoms with Crippen LogP contribution in [0.1, 0.15) is 42.0 Å². The Hall–Kier alpha value is -5.80. The van der Waals surface area contributed by atoms with Gasteiger partial charge in [0.2, 0.25) is 0 Å². The van der Waals surface area contributed by atoms with Crippen molar-refractivity contribution in [3.8, 4) is 16.8 Å². The average Bonchev–Trinajstić information content (AvgIpc) is 3.75. The van der Waals surface area contributed by atoms with Crippen molar-refractivity contribution in [3.05, 3.63) is 157 Å². The van der Waals surface area contributed by atoms with E-state index in [4.69, 9.17) is 4.42 Å². The highest BCUT2D eigenvalue weighted by molar-refractivity contribution is 6.18. The van der Waals surface area contributed by atoms with Gasteiger partial charge in [0.15, 0.2) is 0 Å². The molecule has 3 heterocycles. The first-order chi connectivity index (χ1) is 22.7. The van der Waals surface area contributed by atoms with Crippen molar-refractivity contribution >= 4 is 61.8 Å². The van der Waals surface area contributed by atoms with Crippen molar-refractivity contribution in [1.29, 1.82) is 0 Å². The molecule has 9 rings (SSSR count). The van der Waals surface area contributed by atoms with E-state index >= 15 is 0 Å². The molecule has 0 fully saturated rings. The fourth-order valence-corrected chi connectivity index (χ4v) is 7.58. The van der Waals surface area contributed by atoms with Gasteiger partial charge in [0.1, 0.15) is 11.5 Å². The Morgan fingerprint density at radius 3 is 2.22 bits per heavy atom. The predicted octanol–water partition coefficient (Wildman–Crippen LogP) is 11.8. The normalized spacial score (nSPS) is 14.7. The van der Waals surface area contributed by atoms with E-state index in [-0.39, 0.29) is 6.04 Å². The van der Waals surface area contributed by atoms with Gasteiger partial charge < -0.3 is 13.6 Å². The Morgan fingerprint density at radius 2 is 1.41 bits per heavy atom. The first kappa shape index (κ1) is 26.6. The van der Waals surface area contributed by atoms with E-state index in [1.54, 1.807) is 0 Å². The maximum absolute atomic E-state index is 6.61. The van der Waals surface area contributed by atoms with Crippen molar-refractivity contribution in [2.75, 3.05) is 0 Å². The van der Waals surface area contributed by atoms with Crippen LogP contribution in [0.5, 0.6) is 0 Å². The summed E-state index contributed by atoms with van der Waals surface area (Å²) < 4.78 is 11.5. The molecule has 1 unspecified atom stereocenters. The van der Waals surface area contributed by atoms with E-state index in [2.05, 4.69) is 155 Å². The summed E-state index contributed by atoms with van der Waals surface area (Å²) in [6, 6.07) is 41.9. The number of rotatable bonds is 5. The number of furan rings is 1. The fourth-order valence-electron chi connectivity index (χ4n) is 7.58. The highest BCUT2D eigenvalue weighted by atomic mass is 16.3. The molecule has 0 saturated heterocycles. The zero-order valence-electron chi connectivity index (χ0n) is 25.7. The topological polar surface area (TPSA) is 23.0 Å². The van der Waals surface area contributed by atoms with Gasteiger partial charge in [-0.3, -0.25) is 0 Å². The Labute approximate surface area is 267 Å². The molecule has 3 nitrogen and oxygen atoms in total. The second kappa shape index (κ2) is 10.4. The Kier molecular flexibility index (Phi) is 6.01. The lowest BCUT2D eigenvalue weighted by atomic mass is 9.96. The molecule has 0 saturated carbocycles. The number of benzene rings is 5. The monoisotopic (exact) mass is 592 g/mol. The molecule has 0 radical (unpaired) electrons. The molecule has 3 aromatic heterocycles. The third kappa shape index (κ3) is 3.85. The van der Waals surface area contributed by atoms with Crippen molar-refractivity contribution in [2.24, 2.45) is 0 Å². The van der Waals surface area contributed by atoms with Crippen molar-refractivity contribution in [2.45, 2.75) is 19.4 Å². The Bertz CT molecular complexity index is 2530. The first-order valence-corrected chi connectivity index (χ1v) is 15.9. The molecule has 220 valence electrons. The lowest BCUT2D eigenvalue weighted by Gasteiger charge is -2.22. The van der Waals surface area contributed by atoms with E-state index in [1.807, 2.05) is 13.0 Å². The van der Waals surface area contributed by atoms with Crippen LogP contribution in [0.25, 0.3) is 78.7 Å². The summed E-state index contributed by atoms with van der Waals surface area (Å²) in [4.78, 5) is 0. The Morgan fingerprint density at radius 1 is 0.696 bits per heavy atom. The SMILES string of the molecule is C=Cc1oc2c(c1/C=C\C)C=CCC2n1c2ccccc2c2cc3c4ccccc4n(-c4cccc(-c5ccccc5)c4)c3cc21. The van der Waals surface area contributed by atoms with Gasteiger partial charge in [-0.15, -0.1) is 0 Å². The van der Waals surface area contributed by atoms with Gasteiger partial charge in [0.05, 0.1) is 22.6 Å². The lowest BCUT2D eigenvalue weighted by Crippen LogP contribution is -2.12. The van der Waals surface area contributed by atoms with Gasteiger partial charge in [-0.25, -0.2) is 0 Å². The summed E-state index contributed by atoms with van der Waals surface area (Å²) in [5.41, 5.74) is 10.6. The summed E-state index contributed by atoms with van der Waals surface area (Å²) in [7, 11) is 0. The largest absolute Gasteiger partial charge is 0.458 e. The molecule has 1 aliphatic rings. The molecule has 0 amide bonds. The number of para-hydroxylation sites is 2. The van der Waals surface area contributed by atoms with Crippen molar-refractivity contribution in [1.82, 2.24) is 9.13 Å². The number of hydrogen-bond acceptors (Lipinski definition) is 1. The quantitative estimate of drug-likeness (QED) is 0.195. The molecule has 0 N–H and O–H groups in total. The molecule has 8 aromatic rings. The molecule has 0 spiro atoms. The van der Waals surface area contributed by atoms with E-state index in [1.165, 1.54) is 54.7 Å². The molecule has 1 aliphatic carbocycles. The second-order valence-corrected chi connectivity index (χ2v) is 12.1. The van der Waals surface area contributed by atoms with Crippen LogP contribution in [0.2, 0.25) is 0 Å². The first-order valence-electron chi connectivity index (χ1n) is 15.9. The van der Waals surface area contributed by atoms with E-state index in [0.717, 1.165) is 34.8 Å². The predicted molar refractivity (Wildman–Crippen MR) is 195 cm³/mol. The number of nitrogens with zero attached hydrogens (tertiary/aromatic N) is 2. The summed E-state index contributed by atoms with van der Waals surface area (Å²) >= 11 is 0. The van der Waals surface area contributed by atoms with Crippen LogP contribution in [0.4, 0.5) is 0 Å². The standard InChI is InChI=1S/C43H32N2O/c1-3-14-33-34-21-13-24-39(43(34)46-42(33)4-2)45-38-23-11-9-20-32(38)36-26-35-31-19-8-10-22-37(31)44(40(35)27-41(36)45)30-18-12-17-29(25-30)28-15-6-5-7-16-28/h3-23,25-27,39H,2,24H2,1H3/b14-3-. The zero-order chi connectivity index (χ0) is 30.8. The maximum Gasteiger partial charge on any atom is 0.135 e. The average molecular weight is 593 g/mol. The number of allylic oxidation sites excluding steroid dienone is 2. The van der Waals surface area contributed by atoms with Gasteiger partial charge in [0, 0.05) is 43.9 Å². The van der Waals surface area contributed by atoms with Gasteiger partial charge >= 0.3 is 0 Å². The molecule has 5 aromatic carbocycles. The number of aromatic nitrogens is 2. The highest BCUT2D eigenvalue weighted by Crippen LogP contribution is 2.44. The van der Waals surface area contributed by atoms with Crippen LogP contribution in [0.15, 0.2) is 138 Å². The minimum Gasteiger partial charge on any atom is -0.458 e. The van der Waals surface area contributed by atoms with E-state index < -0.39 is 0 Å². The maximum atomic E-state index is 6.61. The molecular formula is C43H32N2O. The molecule has 0 aliphatic heterocycles. The van der Waals surface area contributed by atoms with Crippen LogP contribution >= 0.6 is 0 Å². The van der Waals surface area contributed by atoms with Crippen LogP contribution in [-0.4, -0.2) is 9.13 Å². The summed E-state index contributed by atoms with van der Waals surface area (Å²) in [6.07, 6.45) is 11.4. The highest BCUT2D eigenvalue weighted by Gasteiger charge is 2.29. The minimum atomic E-state index is 0.0109. The number of hydrogen-bond donors (Lipinski definition) is 0. The van der Waals surface area contributed by atoms with Crippen LogP contribution < -0.4 is 0 Å². The fraction of sp³-hybridized carbons (Fsp3) is 0.0698. The molecule has 3 heteroatoms. The van der Waals surface area contributed by atoms with Crippen LogP contribution in [0, 0.1) is 0 Å². The molecule has 0 bridgehead atoms. The van der Waals surface area contributed by atoms with Crippen molar-refractivity contribution in [3.63, 3.8) is 0 Å². The molecular weight excluding hydrogens is 560 g/mol. The number of fused-ring (bicyclic) bond motifs is 7. The van der Waals surface area contributed by atoms with Crippen LogP contribution in [0.3, 0.4) is 0 Å². The summed E-state index contributed by atoms with van der Waals surface area (Å²) in [6.45, 7) is 6.11. The summed E-state index contributed by atoms with van der Waals surface area (Å²) in [5.74, 6) is 1.81. The van der Waals surface area contributed by atoms with Gasteiger partial charge in [0.25, 0.3) is 0 Å². The van der Waals surface area contributed by atoms with Gasteiger partial charge in [-0.2, -0.15) is 0 Å². The lowest BCUT2D eigenvalue weighted by molar-refractivity contribution is 0.432. The Balaban J connectivity index is 1.35.